The summed E-state index contributed by atoms with van der Waals surface area (Å²) in [7, 11) is 1.89. The van der Waals surface area contributed by atoms with Crippen molar-refractivity contribution in [2.75, 3.05) is 76.2 Å². The largest absolute Gasteiger partial charge is 0.507 e. The number of phenolic OH excluding ortho intramolecular Hbond substituents is 1. The van der Waals surface area contributed by atoms with Gasteiger partial charge in [-0.05, 0) is 144 Å². The Balaban J connectivity index is 0.000000455. The number of carbonyl (C=O) groups is 3. The first kappa shape index (κ1) is 49.2. The van der Waals surface area contributed by atoms with Crippen LogP contribution in [0, 0.1) is 29.1 Å². The van der Waals surface area contributed by atoms with E-state index in [1.165, 1.54) is 64.7 Å². The molecule has 14 nitrogen and oxygen atoms in total. The molecule has 4 N–H and O–H groups in total. The van der Waals surface area contributed by atoms with Gasteiger partial charge in [-0.1, -0.05) is 51.0 Å². The fourth-order valence-corrected chi connectivity index (χ4v) is 12.1. The first-order valence-corrected chi connectivity index (χ1v) is 25.4. The van der Waals surface area contributed by atoms with Crippen molar-refractivity contribution in [2.45, 2.75) is 129 Å². The molecule has 2 aliphatic carbocycles. The van der Waals surface area contributed by atoms with Gasteiger partial charge in [0.25, 0.3) is 0 Å². The number of carbonyl (C=O) groups excluding carboxylic acids is 3. The summed E-state index contributed by atoms with van der Waals surface area (Å²) in [6.07, 6.45) is 17.4. The van der Waals surface area contributed by atoms with E-state index in [1.54, 1.807) is 6.07 Å². The fraction of sp³-hybridized carbons (Fsp3) is 0.611. The molecular weight excluding hydrogens is 853 g/mol. The van der Waals surface area contributed by atoms with E-state index in [2.05, 4.69) is 85.4 Å². The Morgan fingerprint density at radius 2 is 1.46 bits per heavy atom. The molecule has 5 heterocycles. The summed E-state index contributed by atoms with van der Waals surface area (Å²) in [6, 6.07) is 18.7. The summed E-state index contributed by atoms with van der Waals surface area (Å²) in [5, 5.41) is 28.3. The second-order valence-corrected chi connectivity index (χ2v) is 21.6. The van der Waals surface area contributed by atoms with E-state index >= 15 is 0 Å². The first-order valence-electron chi connectivity index (χ1n) is 25.4. The predicted molar refractivity (Wildman–Crippen MR) is 269 cm³/mol. The highest BCUT2D eigenvalue weighted by Crippen LogP contribution is 2.60. The number of phenols is 1. The fourth-order valence-electron chi connectivity index (χ4n) is 12.1. The Kier molecular flexibility index (Phi) is 15.6. The van der Waals surface area contributed by atoms with Gasteiger partial charge in [0.05, 0.1) is 11.4 Å². The van der Waals surface area contributed by atoms with Crippen LogP contribution in [0.5, 0.6) is 5.75 Å². The van der Waals surface area contributed by atoms with E-state index in [9.17, 15) is 19.5 Å². The predicted octanol–water partition coefficient (Wildman–Crippen LogP) is 5.96. The molecule has 366 valence electrons. The number of terminal acetylenes is 1. The van der Waals surface area contributed by atoms with Crippen LogP contribution in [0.15, 0.2) is 54.6 Å². The number of aromatic hydroxyl groups is 1. The molecule has 9 rings (SSSR count). The van der Waals surface area contributed by atoms with Crippen LogP contribution in [0.25, 0.3) is 11.3 Å². The number of nitrogens with zero attached hydrogens (tertiary/aromatic N) is 7. The van der Waals surface area contributed by atoms with Crippen molar-refractivity contribution in [3.05, 3.63) is 65.7 Å². The zero-order valence-corrected chi connectivity index (χ0v) is 41.3. The van der Waals surface area contributed by atoms with Crippen LogP contribution in [0.3, 0.4) is 0 Å². The zero-order valence-electron chi connectivity index (χ0n) is 41.3. The Morgan fingerprint density at radius 3 is 2.01 bits per heavy atom. The number of rotatable bonds is 12. The molecule has 2 atom stereocenters. The van der Waals surface area contributed by atoms with Crippen molar-refractivity contribution in [1.82, 2.24) is 40.4 Å². The second kappa shape index (κ2) is 21.6. The summed E-state index contributed by atoms with van der Waals surface area (Å²) in [6.45, 7) is 18.5. The number of likely N-dealkylation sites (tertiary alicyclic amines) is 3. The highest BCUT2D eigenvalue weighted by atomic mass is 16.3. The maximum Gasteiger partial charge on any atom is 0.245 e. The Bertz CT molecular complexity index is 2220. The summed E-state index contributed by atoms with van der Waals surface area (Å²) in [4.78, 5) is 49.5. The Hall–Kier alpha value is -5.23. The minimum absolute atomic E-state index is 0.0522. The molecule has 2 unspecified atom stereocenters. The average molecular weight is 929 g/mol. The highest BCUT2D eigenvalue weighted by molar-refractivity contribution is 5.90. The molecule has 2 saturated carbocycles. The van der Waals surface area contributed by atoms with Crippen LogP contribution in [0.4, 0.5) is 11.5 Å². The molecule has 0 radical (unpaired) electrons. The number of para-hydroxylation sites is 1. The number of piperidine rings is 2. The molecule has 6 aliphatic rings. The molecule has 0 bridgehead atoms. The van der Waals surface area contributed by atoms with Crippen LogP contribution >= 0.6 is 0 Å². The van der Waals surface area contributed by atoms with Crippen molar-refractivity contribution in [3.63, 3.8) is 0 Å². The number of nitrogens with one attached hydrogen (secondary N) is 3. The van der Waals surface area contributed by atoms with Gasteiger partial charge in [-0.3, -0.25) is 19.3 Å². The van der Waals surface area contributed by atoms with Gasteiger partial charge in [0.15, 0.2) is 5.82 Å². The monoisotopic (exact) mass is 929 g/mol. The van der Waals surface area contributed by atoms with Crippen molar-refractivity contribution in [3.8, 4) is 29.4 Å². The SMILES string of the molecule is C#Cc1ccc(CNC=O)cc1.CNc1nnc(-c2ccccc2O)cc1N1CCN(C2CCN(C3CCN(C4CC5(CC(C(=O)NC(C(=O)N6CCCC6C)C(C)(C)C)C5)C4)CC3)CC2)CC1. The molecule has 3 amide bonds. The van der Waals surface area contributed by atoms with E-state index in [0.29, 0.717) is 47.8 Å². The molecular formula is C54H76N10O4. The summed E-state index contributed by atoms with van der Waals surface area (Å²) in [5.41, 5.74) is 4.37. The lowest BCUT2D eigenvalue weighted by Gasteiger charge is -2.60. The van der Waals surface area contributed by atoms with E-state index in [1.807, 2.05) is 54.4 Å². The normalized spacial score (nSPS) is 25.6. The van der Waals surface area contributed by atoms with E-state index < -0.39 is 6.04 Å². The quantitative estimate of drug-likeness (QED) is 0.126. The van der Waals surface area contributed by atoms with Crippen LogP contribution in [0.2, 0.25) is 0 Å². The molecule has 68 heavy (non-hydrogen) atoms. The first-order chi connectivity index (χ1) is 32.8. The third-order valence-corrected chi connectivity index (χ3v) is 16.2. The standard InChI is InChI=1S/C44H67N9O3.C10H9NO/c1-30-9-8-16-53(30)42(56)39(43(2,3)4)46-41(55)31-26-44(27-31)28-34(29-44)50-19-14-32(15-20-50)49-17-12-33(13-18-49)51-21-23-52(24-22-51)37-25-36(47-48-40(37)45-5)35-10-6-7-11-38(35)54;1-2-9-3-5-10(6-4-9)7-11-8-12/h6-7,10-11,25,30-34,39,54H,8-9,12-24,26-29H2,1-5H3,(H,45,48)(H,46,55);1,3-6,8H,7H2,(H,11,12). The molecule has 3 aromatic rings. The minimum atomic E-state index is -0.458. The molecule has 4 aliphatic heterocycles. The molecule has 2 aromatic carbocycles. The van der Waals surface area contributed by atoms with E-state index in [-0.39, 0.29) is 34.9 Å². The lowest BCUT2D eigenvalue weighted by molar-refractivity contribution is -0.149. The average Bonchev–Trinajstić information content (AvgIpc) is 3.77. The molecule has 6 fully saturated rings. The van der Waals surface area contributed by atoms with Gasteiger partial charge in [-0.2, -0.15) is 0 Å². The van der Waals surface area contributed by atoms with Gasteiger partial charge in [0.2, 0.25) is 18.2 Å². The maximum absolute atomic E-state index is 13.5. The van der Waals surface area contributed by atoms with Gasteiger partial charge in [0.1, 0.15) is 11.8 Å². The number of amides is 3. The summed E-state index contributed by atoms with van der Waals surface area (Å²) >= 11 is 0. The number of benzene rings is 2. The van der Waals surface area contributed by atoms with Crippen LogP contribution in [0.1, 0.15) is 103 Å². The number of hydrogen-bond donors (Lipinski definition) is 4. The highest BCUT2D eigenvalue weighted by Gasteiger charge is 2.56. The summed E-state index contributed by atoms with van der Waals surface area (Å²) in [5.74, 6) is 3.76. The third kappa shape index (κ3) is 11.3. The molecule has 1 aromatic heterocycles. The van der Waals surface area contributed by atoms with Gasteiger partial charge >= 0.3 is 0 Å². The number of aromatic nitrogens is 2. The molecule has 4 saturated heterocycles. The summed E-state index contributed by atoms with van der Waals surface area (Å²) < 4.78 is 0. The van der Waals surface area contributed by atoms with Gasteiger partial charge < -0.3 is 40.7 Å². The Morgan fingerprint density at radius 1 is 0.838 bits per heavy atom. The van der Waals surface area contributed by atoms with Gasteiger partial charge in [0, 0.05) is 87.5 Å². The zero-order chi connectivity index (χ0) is 48.0. The van der Waals surface area contributed by atoms with Crippen molar-refractivity contribution < 1.29 is 19.5 Å². The van der Waals surface area contributed by atoms with Crippen LogP contribution in [-0.2, 0) is 20.9 Å². The molecule has 14 heteroatoms. The smallest absolute Gasteiger partial charge is 0.245 e. The molecule has 1 spiro atoms. The second-order valence-electron chi connectivity index (χ2n) is 21.6. The van der Waals surface area contributed by atoms with Crippen molar-refractivity contribution >= 4 is 29.7 Å². The lowest BCUT2D eigenvalue weighted by Crippen LogP contribution is -2.62. The van der Waals surface area contributed by atoms with Crippen LogP contribution in [-0.4, -0.2) is 149 Å². The van der Waals surface area contributed by atoms with Crippen molar-refractivity contribution in [1.29, 1.82) is 0 Å². The van der Waals surface area contributed by atoms with Crippen LogP contribution < -0.4 is 20.9 Å². The van der Waals surface area contributed by atoms with Gasteiger partial charge in [-0.15, -0.1) is 16.6 Å². The maximum atomic E-state index is 13.5. The van der Waals surface area contributed by atoms with E-state index in [4.69, 9.17) is 6.42 Å². The third-order valence-electron chi connectivity index (χ3n) is 16.2. The minimum Gasteiger partial charge on any atom is -0.507 e. The Labute approximate surface area is 405 Å². The number of hydrogen-bond acceptors (Lipinski definition) is 11. The lowest BCUT2D eigenvalue weighted by atomic mass is 9.49. The number of piperazine rings is 1. The number of anilines is 2. The van der Waals surface area contributed by atoms with E-state index in [0.717, 1.165) is 81.0 Å². The van der Waals surface area contributed by atoms with Crippen molar-refractivity contribution in [2.24, 2.45) is 16.7 Å². The topological polar surface area (TPSA) is 150 Å². The van der Waals surface area contributed by atoms with Gasteiger partial charge in [-0.25, -0.2) is 0 Å².